The van der Waals surface area contributed by atoms with E-state index in [2.05, 4.69) is 22.4 Å². The van der Waals surface area contributed by atoms with Crippen LogP contribution in [0.4, 0.5) is 5.69 Å². The molecule has 6 heteroatoms. The number of carbonyl (C=O) groups excluding carboxylic acids is 1. The van der Waals surface area contributed by atoms with Gasteiger partial charge in [-0.3, -0.25) is 9.00 Å². The average molecular weight is 385 g/mol. The van der Waals surface area contributed by atoms with E-state index in [4.69, 9.17) is 0 Å². The Morgan fingerprint density at radius 1 is 1.12 bits per heavy atom. The first-order chi connectivity index (χ1) is 12.6. The first-order valence-electron chi connectivity index (χ1n) is 8.31. The second kappa shape index (κ2) is 8.87. The molecule has 0 radical (unpaired) electrons. The summed E-state index contributed by atoms with van der Waals surface area (Å²) in [5, 5.41) is 5.68. The number of anilines is 1. The normalized spacial score (nSPS) is 11.9. The number of nitrogens with one attached hydrogen (secondary N) is 1. The Bertz CT molecular complexity index is 890. The van der Waals surface area contributed by atoms with Crippen LogP contribution in [0, 0.1) is 6.92 Å². The van der Waals surface area contributed by atoms with E-state index in [0.717, 1.165) is 22.0 Å². The van der Waals surface area contributed by atoms with Crippen LogP contribution in [-0.4, -0.2) is 20.9 Å². The Labute approximate surface area is 159 Å². The van der Waals surface area contributed by atoms with Crippen molar-refractivity contribution in [2.75, 3.05) is 11.1 Å². The molecule has 0 aliphatic heterocycles. The molecule has 3 rings (SSSR count). The van der Waals surface area contributed by atoms with Gasteiger partial charge in [0.15, 0.2) is 0 Å². The highest BCUT2D eigenvalue weighted by atomic mass is 32.2. The molecule has 0 aliphatic rings. The van der Waals surface area contributed by atoms with Crippen LogP contribution in [0.25, 0.3) is 10.6 Å². The molecule has 0 bridgehead atoms. The zero-order chi connectivity index (χ0) is 18.4. The molecule has 0 saturated heterocycles. The van der Waals surface area contributed by atoms with Gasteiger partial charge in [0.1, 0.15) is 5.01 Å². The summed E-state index contributed by atoms with van der Waals surface area (Å²) >= 11 is 1.55. The fourth-order valence-electron chi connectivity index (χ4n) is 2.39. The van der Waals surface area contributed by atoms with Crippen molar-refractivity contribution in [2.24, 2.45) is 0 Å². The van der Waals surface area contributed by atoms with E-state index in [0.29, 0.717) is 11.5 Å². The van der Waals surface area contributed by atoms with Crippen molar-refractivity contribution >= 4 is 33.7 Å². The van der Waals surface area contributed by atoms with E-state index >= 15 is 0 Å². The van der Waals surface area contributed by atoms with E-state index in [1.807, 2.05) is 54.8 Å². The van der Waals surface area contributed by atoms with Gasteiger partial charge in [-0.25, -0.2) is 4.98 Å². The van der Waals surface area contributed by atoms with E-state index < -0.39 is 10.8 Å². The van der Waals surface area contributed by atoms with E-state index in [9.17, 15) is 9.00 Å². The van der Waals surface area contributed by atoms with Crippen LogP contribution >= 0.6 is 11.3 Å². The van der Waals surface area contributed by atoms with Gasteiger partial charge < -0.3 is 5.32 Å². The summed E-state index contributed by atoms with van der Waals surface area (Å²) in [4.78, 5) is 16.5. The van der Waals surface area contributed by atoms with Crippen LogP contribution in [0.15, 0.2) is 60.0 Å². The predicted molar refractivity (Wildman–Crippen MR) is 109 cm³/mol. The van der Waals surface area contributed by atoms with Gasteiger partial charge in [0, 0.05) is 39.6 Å². The summed E-state index contributed by atoms with van der Waals surface area (Å²) in [6.07, 6.45) is 0.233. The van der Waals surface area contributed by atoms with Gasteiger partial charge in [-0.1, -0.05) is 48.0 Å². The molecule has 0 spiro atoms. The summed E-state index contributed by atoms with van der Waals surface area (Å²) in [5.41, 5.74) is 3.85. The summed E-state index contributed by atoms with van der Waals surface area (Å²) in [5.74, 6) is 0.583. The lowest BCUT2D eigenvalue weighted by molar-refractivity contribution is -0.115. The SMILES string of the molecule is Cc1ccc(-c2nc(C[S@](=O)CCC(=O)Nc3ccccc3)cs2)cc1. The van der Waals surface area contributed by atoms with Gasteiger partial charge in [0.2, 0.25) is 5.91 Å². The largest absolute Gasteiger partial charge is 0.326 e. The highest BCUT2D eigenvalue weighted by Gasteiger charge is 2.10. The summed E-state index contributed by atoms with van der Waals surface area (Å²) in [6, 6.07) is 17.5. The number of aromatic nitrogens is 1. The topological polar surface area (TPSA) is 59.1 Å². The number of carbonyl (C=O) groups is 1. The second-order valence-corrected chi connectivity index (χ2v) is 8.40. The molecule has 2 aromatic carbocycles. The Balaban J connectivity index is 1.49. The van der Waals surface area contributed by atoms with E-state index in [1.54, 1.807) is 11.3 Å². The third-order valence-electron chi connectivity index (χ3n) is 3.77. The standard InChI is InChI=1S/C20H20N2O2S2/c1-15-7-9-16(10-8-15)20-22-18(13-25-20)14-26(24)12-11-19(23)21-17-5-3-2-4-6-17/h2-10,13H,11-12,14H2,1H3,(H,21,23)/t26-/m1/s1. The third kappa shape index (κ3) is 5.34. The maximum atomic E-state index is 12.3. The predicted octanol–water partition coefficient (Wildman–Crippen LogP) is 4.40. The van der Waals surface area contributed by atoms with Crippen LogP contribution < -0.4 is 5.32 Å². The molecule has 1 N–H and O–H groups in total. The van der Waals surface area contributed by atoms with Gasteiger partial charge in [0.05, 0.1) is 11.4 Å². The van der Waals surface area contributed by atoms with Crippen molar-refractivity contribution in [2.45, 2.75) is 19.1 Å². The smallest absolute Gasteiger partial charge is 0.225 e. The molecule has 3 aromatic rings. The lowest BCUT2D eigenvalue weighted by Gasteiger charge is -2.04. The zero-order valence-corrected chi connectivity index (χ0v) is 16.1. The maximum Gasteiger partial charge on any atom is 0.225 e. The third-order valence-corrected chi connectivity index (χ3v) is 5.99. The number of hydrogen-bond acceptors (Lipinski definition) is 4. The molecule has 0 unspecified atom stereocenters. The maximum absolute atomic E-state index is 12.3. The highest BCUT2D eigenvalue weighted by molar-refractivity contribution is 7.84. The molecular weight excluding hydrogens is 364 g/mol. The molecule has 0 aliphatic carbocycles. The zero-order valence-electron chi connectivity index (χ0n) is 14.5. The summed E-state index contributed by atoms with van der Waals surface area (Å²) < 4.78 is 12.3. The molecule has 134 valence electrons. The molecule has 1 atom stereocenters. The van der Waals surface area contributed by atoms with Crippen molar-refractivity contribution in [3.8, 4) is 10.6 Å². The number of para-hydroxylation sites is 1. The first-order valence-corrected chi connectivity index (χ1v) is 10.7. The van der Waals surface area contributed by atoms with E-state index in [1.165, 1.54) is 5.56 Å². The van der Waals surface area contributed by atoms with E-state index in [-0.39, 0.29) is 12.3 Å². The first kappa shape index (κ1) is 18.5. The number of aryl methyl sites for hydroxylation is 1. The molecular formula is C20H20N2O2S2. The van der Waals surface area contributed by atoms with Crippen LogP contribution in [0.3, 0.4) is 0 Å². The monoisotopic (exact) mass is 384 g/mol. The lowest BCUT2D eigenvalue weighted by Crippen LogP contribution is -2.15. The number of nitrogens with zero attached hydrogens (tertiary/aromatic N) is 1. The van der Waals surface area contributed by atoms with Crippen LogP contribution in [0.5, 0.6) is 0 Å². The minimum atomic E-state index is -1.11. The fraction of sp³-hybridized carbons (Fsp3) is 0.200. The minimum absolute atomic E-state index is 0.122. The van der Waals surface area contributed by atoms with Crippen molar-refractivity contribution in [3.05, 3.63) is 71.2 Å². The summed E-state index contributed by atoms with van der Waals surface area (Å²) in [6.45, 7) is 2.05. The number of rotatable bonds is 7. The second-order valence-electron chi connectivity index (χ2n) is 5.96. The van der Waals surface area contributed by atoms with Crippen LogP contribution in [0.2, 0.25) is 0 Å². The van der Waals surface area contributed by atoms with Gasteiger partial charge in [-0.2, -0.15) is 0 Å². The molecule has 26 heavy (non-hydrogen) atoms. The van der Waals surface area contributed by atoms with Crippen LogP contribution in [-0.2, 0) is 21.3 Å². The number of thiazole rings is 1. The van der Waals surface area contributed by atoms with Crippen molar-refractivity contribution in [1.29, 1.82) is 0 Å². The van der Waals surface area contributed by atoms with Crippen molar-refractivity contribution in [1.82, 2.24) is 4.98 Å². The molecule has 0 saturated carbocycles. The Hall–Kier alpha value is -2.31. The quantitative estimate of drug-likeness (QED) is 0.657. The lowest BCUT2D eigenvalue weighted by atomic mass is 10.2. The average Bonchev–Trinajstić information content (AvgIpc) is 3.10. The fourth-order valence-corrected chi connectivity index (χ4v) is 4.36. The highest BCUT2D eigenvalue weighted by Crippen LogP contribution is 2.24. The van der Waals surface area contributed by atoms with Crippen LogP contribution in [0.1, 0.15) is 17.7 Å². The molecule has 0 fully saturated rings. The summed E-state index contributed by atoms with van der Waals surface area (Å²) in [7, 11) is -1.11. The molecule has 1 amide bonds. The number of amides is 1. The molecule has 1 aromatic heterocycles. The van der Waals surface area contributed by atoms with Gasteiger partial charge >= 0.3 is 0 Å². The Kier molecular flexibility index (Phi) is 6.30. The molecule has 1 heterocycles. The Morgan fingerprint density at radius 2 is 1.85 bits per heavy atom. The van der Waals surface area contributed by atoms with Crippen molar-refractivity contribution < 1.29 is 9.00 Å². The number of benzene rings is 2. The van der Waals surface area contributed by atoms with Gasteiger partial charge in [0.25, 0.3) is 0 Å². The number of hydrogen-bond donors (Lipinski definition) is 1. The molecule has 4 nitrogen and oxygen atoms in total. The van der Waals surface area contributed by atoms with Gasteiger partial charge in [-0.05, 0) is 19.1 Å². The Morgan fingerprint density at radius 3 is 2.58 bits per heavy atom. The van der Waals surface area contributed by atoms with Gasteiger partial charge in [-0.15, -0.1) is 11.3 Å². The minimum Gasteiger partial charge on any atom is -0.326 e. The van der Waals surface area contributed by atoms with Crippen molar-refractivity contribution in [3.63, 3.8) is 0 Å².